The molecule has 0 saturated carbocycles. The monoisotopic (exact) mass is 584 g/mol. The molecule has 2 aromatic heterocycles. The van der Waals surface area contributed by atoms with E-state index in [0.717, 1.165) is 10.9 Å². The van der Waals surface area contributed by atoms with E-state index < -0.39 is 35.8 Å². The average Bonchev–Trinajstić information content (AvgIpc) is 3.56. The number of ether oxygens (including phenoxy) is 2. The Morgan fingerprint density at radius 3 is 2.44 bits per heavy atom. The maximum atomic E-state index is 14.1. The highest BCUT2D eigenvalue weighted by molar-refractivity contribution is 6.31. The Balaban J connectivity index is 1.73. The zero-order valence-electron chi connectivity index (χ0n) is 23.4. The van der Waals surface area contributed by atoms with E-state index in [1.54, 1.807) is 37.3 Å². The van der Waals surface area contributed by atoms with E-state index in [2.05, 4.69) is 20.7 Å². The van der Waals surface area contributed by atoms with Crippen LogP contribution in [0.1, 0.15) is 38.3 Å². The van der Waals surface area contributed by atoms with Crippen LogP contribution >= 0.6 is 11.6 Å². The summed E-state index contributed by atoms with van der Waals surface area (Å²) in [6.45, 7) is 6.74. The fourth-order valence-corrected chi connectivity index (χ4v) is 4.26. The van der Waals surface area contributed by atoms with Crippen LogP contribution in [0, 0.1) is 12.7 Å². The summed E-state index contributed by atoms with van der Waals surface area (Å²) in [7, 11) is 3.03. The number of hydrogen-bond acceptors (Lipinski definition) is 8. The van der Waals surface area contributed by atoms with E-state index >= 15 is 0 Å². The molecular formula is C28H30ClFN6O5. The third-order valence-corrected chi connectivity index (χ3v) is 6.15. The molecule has 2 aromatic carbocycles. The number of aromatic nitrogens is 4. The first kappa shape index (κ1) is 29.5. The van der Waals surface area contributed by atoms with Gasteiger partial charge < -0.3 is 19.2 Å². The molecule has 1 atom stereocenters. The fraction of sp³-hybridized carbons (Fsp3) is 0.321. The third kappa shape index (κ3) is 6.83. The topological polar surface area (TPSA) is 125 Å². The number of nitrogens with one attached hydrogen (secondary N) is 1. The van der Waals surface area contributed by atoms with E-state index in [4.69, 9.17) is 25.5 Å². The Hall–Kier alpha value is -4.45. The quantitative estimate of drug-likeness (QED) is 0.299. The summed E-state index contributed by atoms with van der Waals surface area (Å²) in [6, 6.07) is 10.9. The lowest BCUT2D eigenvalue weighted by atomic mass is 10.1. The molecule has 2 heterocycles. The summed E-state index contributed by atoms with van der Waals surface area (Å²) < 4.78 is 30.5. The van der Waals surface area contributed by atoms with E-state index in [1.807, 2.05) is 20.8 Å². The van der Waals surface area contributed by atoms with Crippen molar-refractivity contribution >= 4 is 29.1 Å². The second-order valence-corrected chi connectivity index (χ2v) is 10.6. The summed E-state index contributed by atoms with van der Waals surface area (Å²) in [6.07, 6.45) is 0. The lowest BCUT2D eigenvalue weighted by Crippen LogP contribution is -2.50. The highest BCUT2D eigenvalue weighted by Gasteiger charge is 2.37. The number of aryl methyl sites for hydroxylation is 1. The molecule has 4 aromatic rings. The first-order chi connectivity index (χ1) is 19.4. The van der Waals surface area contributed by atoms with Crippen molar-refractivity contribution in [3.63, 3.8) is 0 Å². The molecule has 0 radical (unpaired) electrons. The molecule has 4 rings (SSSR count). The van der Waals surface area contributed by atoms with Gasteiger partial charge in [-0.05, 0) is 81.4 Å². The van der Waals surface area contributed by atoms with Gasteiger partial charge in [-0.25, -0.2) is 4.39 Å². The van der Waals surface area contributed by atoms with Crippen LogP contribution in [0.4, 0.5) is 10.1 Å². The summed E-state index contributed by atoms with van der Waals surface area (Å²) in [4.78, 5) is 29.9. The number of anilines is 1. The Kier molecular flexibility index (Phi) is 8.62. The molecule has 13 heteroatoms. The maximum absolute atomic E-state index is 14.1. The number of halogens is 2. The average molecular weight is 585 g/mol. The number of tetrazole rings is 1. The number of carbonyl (C=O) groups is 2. The molecule has 0 spiro atoms. The molecular weight excluding hydrogens is 555 g/mol. The van der Waals surface area contributed by atoms with Crippen molar-refractivity contribution in [1.82, 2.24) is 25.5 Å². The fourth-order valence-electron chi connectivity index (χ4n) is 4.08. The van der Waals surface area contributed by atoms with Gasteiger partial charge in [0.2, 0.25) is 5.82 Å². The Morgan fingerprint density at radius 1 is 1.10 bits per heavy atom. The van der Waals surface area contributed by atoms with Gasteiger partial charge in [-0.3, -0.25) is 14.5 Å². The lowest BCUT2D eigenvalue weighted by molar-refractivity contribution is -0.128. The molecule has 0 aliphatic carbocycles. The van der Waals surface area contributed by atoms with Gasteiger partial charge in [0.05, 0.1) is 19.2 Å². The van der Waals surface area contributed by atoms with Crippen LogP contribution in [0.25, 0.3) is 11.4 Å². The standard InChI is InChI=1S/C28H30ClFN6O5/c1-16-7-11-22(41-16)25(27(38)31-28(2,3)4)36(18-9-10-20(30)19(29)14-18)24(37)15-35-33-26(32-34-35)17-8-12-21(39-5)23(13-17)40-6/h7-14,25H,15H2,1-6H3,(H,31,38). The van der Waals surface area contributed by atoms with Crippen LogP contribution in [-0.4, -0.2) is 51.8 Å². The van der Waals surface area contributed by atoms with Crippen LogP contribution in [0.3, 0.4) is 0 Å². The molecule has 216 valence electrons. The zero-order valence-corrected chi connectivity index (χ0v) is 24.2. The van der Waals surface area contributed by atoms with E-state index in [1.165, 1.54) is 31.3 Å². The molecule has 1 unspecified atom stereocenters. The van der Waals surface area contributed by atoms with Crippen molar-refractivity contribution in [3.05, 3.63) is 70.9 Å². The van der Waals surface area contributed by atoms with Crippen molar-refractivity contribution in [2.75, 3.05) is 19.1 Å². The first-order valence-corrected chi connectivity index (χ1v) is 12.9. The van der Waals surface area contributed by atoms with Crippen molar-refractivity contribution in [1.29, 1.82) is 0 Å². The van der Waals surface area contributed by atoms with E-state index in [9.17, 15) is 14.0 Å². The van der Waals surface area contributed by atoms with Crippen molar-refractivity contribution in [2.24, 2.45) is 0 Å². The van der Waals surface area contributed by atoms with Gasteiger partial charge in [0.25, 0.3) is 11.8 Å². The second kappa shape index (κ2) is 12.0. The van der Waals surface area contributed by atoms with Crippen molar-refractivity contribution < 1.29 is 27.9 Å². The molecule has 0 saturated heterocycles. The molecule has 41 heavy (non-hydrogen) atoms. The molecule has 0 bridgehead atoms. The van der Waals surface area contributed by atoms with Crippen LogP contribution in [-0.2, 0) is 16.1 Å². The normalized spacial score (nSPS) is 12.1. The van der Waals surface area contributed by atoms with Crippen molar-refractivity contribution in [3.8, 4) is 22.9 Å². The van der Waals surface area contributed by atoms with Crippen LogP contribution < -0.4 is 19.7 Å². The lowest BCUT2D eigenvalue weighted by Gasteiger charge is -2.32. The molecule has 2 amide bonds. The highest BCUT2D eigenvalue weighted by Crippen LogP contribution is 2.33. The summed E-state index contributed by atoms with van der Waals surface area (Å²) >= 11 is 6.09. The minimum atomic E-state index is -1.26. The van der Waals surface area contributed by atoms with Gasteiger partial charge in [-0.1, -0.05) is 11.6 Å². The Labute approximate surface area is 241 Å². The Bertz CT molecular complexity index is 1560. The number of hydrogen-bond donors (Lipinski definition) is 1. The largest absolute Gasteiger partial charge is 0.493 e. The summed E-state index contributed by atoms with van der Waals surface area (Å²) in [5.41, 5.74) is 0.121. The molecule has 1 N–H and O–H groups in total. The summed E-state index contributed by atoms with van der Waals surface area (Å²) in [5, 5.41) is 15.1. The third-order valence-electron chi connectivity index (χ3n) is 5.86. The first-order valence-electron chi connectivity index (χ1n) is 12.6. The number of rotatable bonds is 9. The number of benzene rings is 2. The number of carbonyl (C=O) groups excluding carboxylic acids is 2. The molecule has 0 aliphatic heterocycles. The number of methoxy groups -OCH3 is 2. The number of furan rings is 1. The van der Waals surface area contributed by atoms with Gasteiger partial charge in [-0.15, -0.1) is 10.2 Å². The van der Waals surface area contributed by atoms with Crippen LogP contribution in [0.15, 0.2) is 52.9 Å². The van der Waals surface area contributed by atoms with Gasteiger partial charge in [0.15, 0.2) is 17.5 Å². The molecule has 0 fully saturated rings. The van der Waals surface area contributed by atoms with Gasteiger partial charge in [0.1, 0.15) is 23.9 Å². The summed E-state index contributed by atoms with van der Waals surface area (Å²) in [5.74, 6) is 0.179. The molecule has 11 nitrogen and oxygen atoms in total. The number of nitrogens with zero attached hydrogens (tertiary/aromatic N) is 5. The zero-order chi connectivity index (χ0) is 29.9. The van der Waals surface area contributed by atoms with E-state index in [0.29, 0.717) is 22.8 Å². The van der Waals surface area contributed by atoms with Crippen LogP contribution in [0.5, 0.6) is 11.5 Å². The number of amides is 2. The van der Waals surface area contributed by atoms with E-state index in [-0.39, 0.29) is 22.3 Å². The second-order valence-electron chi connectivity index (χ2n) is 10.2. The minimum absolute atomic E-state index is 0.171. The SMILES string of the molecule is COc1ccc(-c2nnn(CC(=O)N(c3ccc(F)c(Cl)c3)C(C(=O)NC(C)(C)C)c3ccc(C)o3)n2)cc1OC. The van der Waals surface area contributed by atoms with Gasteiger partial charge in [0, 0.05) is 16.8 Å². The predicted octanol–water partition coefficient (Wildman–Crippen LogP) is 4.74. The smallest absolute Gasteiger partial charge is 0.251 e. The predicted molar refractivity (Wildman–Crippen MR) is 149 cm³/mol. The highest BCUT2D eigenvalue weighted by atomic mass is 35.5. The van der Waals surface area contributed by atoms with Gasteiger partial charge >= 0.3 is 0 Å². The Morgan fingerprint density at radius 2 is 1.83 bits per heavy atom. The molecule has 0 aliphatic rings. The van der Waals surface area contributed by atoms with Crippen LogP contribution in [0.2, 0.25) is 5.02 Å². The minimum Gasteiger partial charge on any atom is -0.493 e. The van der Waals surface area contributed by atoms with Crippen molar-refractivity contribution in [2.45, 2.75) is 45.8 Å². The van der Waals surface area contributed by atoms with Gasteiger partial charge in [-0.2, -0.15) is 4.80 Å². The maximum Gasteiger partial charge on any atom is 0.251 e.